The summed E-state index contributed by atoms with van der Waals surface area (Å²) in [5.74, 6) is -2.05. The van der Waals surface area contributed by atoms with Crippen LogP contribution in [0.2, 0.25) is 0 Å². The lowest BCUT2D eigenvalue weighted by Gasteiger charge is -2.22. The fourth-order valence-corrected chi connectivity index (χ4v) is 1.86. The van der Waals surface area contributed by atoms with Crippen molar-refractivity contribution in [2.45, 2.75) is 18.9 Å². The minimum absolute atomic E-state index is 0.0323. The third-order valence-electron chi connectivity index (χ3n) is 2.75. The summed E-state index contributed by atoms with van der Waals surface area (Å²) in [5.41, 5.74) is -0.629. The molecule has 0 unspecified atom stereocenters. The van der Waals surface area contributed by atoms with E-state index < -0.39 is 22.4 Å². The molecule has 0 bridgehead atoms. The number of aliphatic carboxylic acids is 1. The molecule has 0 aliphatic heterocycles. The number of carbonyl (C=O) groups is 1. The number of halogens is 1. The minimum atomic E-state index is -1.10. The summed E-state index contributed by atoms with van der Waals surface area (Å²) in [4.78, 5) is 22.2. The summed E-state index contributed by atoms with van der Waals surface area (Å²) >= 11 is 0. The van der Waals surface area contributed by atoms with Gasteiger partial charge in [-0.15, -0.1) is 0 Å². The molecule has 0 spiro atoms. The molecule has 7 heteroatoms. The number of hydrogen-bond donors (Lipinski definition) is 1. The van der Waals surface area contributed by atoms with Gasteiger partial charge in [-0.1, -0.05) is 6.07 Å². The van der Waals surface area contributed by atoms with Gasteiger partial charge in [0, 0.05) is 6.04 Å². The highest BCUT2D eigenvalue weighted by atomic mass is 19.1. The van der Waals surface area contributed by atoms with Crippen LogP contribution in [0.4, 0.5) is 15.8 Å². The van der Waals surface area contributed by atoms with Crippen LogP contribution in [-0.4, -0.2) is 28.6 Å². The van der Waals surface area contributed by atoms with E-state index in [1.165, 1.54) is 17.0 Å². The van der Waals surface area contributed by atoms with Crippen LogP contribution >= 0.6 is 0 Å². The van der Waals surface area contributed by atoms with Crippen LogP contribution in [0.15, 0.2) is 18.2 Å². The molecule has 1 N–H and O–H groups in total. The monoisotopic (exact) mass is 254 g/mol. The first kappa shape index (κ1) is 12.3. The molecular formula is C11H11FN2O4. The van der Waals surface area contributed by atoms with E-state index in [9.17, 15) is 19.3 Å². The summed E-state index contributed by atoms with van der Waals surface area (Å²) in [6.45, 7) is -0.366. The third-order valence-corrected chi connectivity index (χ3v) is 2.75. The van der Waals surface area contributed by atoms with E-state index in [0.717, 1.165) is 18.9 Å². The van der Waals surface area contributed by atoms with Crippen LogP contribution in [0.5, 0.6) is 0 Å². The minimum Gasteiger partial charge on any atom is -0.480 e. The van der Waals surface area contributed by atoms with Crippen molar-refractivity contribution in [2.24, 2.45) is 0 Å². The van der Waals surface area contributed by atoms with E-state index in [0.29, 0.717) is 0 Å². The molecule has 96 valence electrons. The maximum Gasteiger partial charge on any atom is 0.327 e. The van der Waals surface area contributed by atoms with Gasteiger partial charge in [-0.05, 0) is 25.0 Å². The number of nitro groups is 1. The van der Waals surface area contributed by atoms with Crippen molar-refractivity contribution in [3.63, 3.8) is 0 Å². The van der Waals surface area contributed by atoms with Gasteiger partial charge in [-0.3, -0.25) is 14.9 Å². The Labute approximate surface area is 102 Å². The van der Waals surface area contributed by atoms with E-state index >= 15 is 0 Å². The zero-order chi connectivity index (χ0) is 13.3. The number of para-hydroxylation sites is 1. The Bertz CT molecular complexity index is 502. The second-order valence-electron chi connectivity index (χ2n) is 4.12. The van der Waals surface area contributed by atoms with Gasteiger partial charge in [0.15, 0.2) is 0 Å². The number of nitro benzene ring substituents is 1. The van der Waals surface area contributed by atoms with Crippen molar-refractivity contribution in [2.75, 3.05) is 11.4 Å². The predicted molar refractivity (Wildman–Crippen MR) is 61.1 cm³/mol. The SMILES string of the molecule is O=C(O)CN(c1cccc(F)c1[N+](=O)[O-])C1CC1. The molecule has 1 aliphatic rings. The number of nitrogens with zero attached hydrogens (tertiary/aromatic N) is 2. The van der Waals surface area contributed by atoms with E-state index in [-0.39, 0.29) is 18.3 Å². The normalized spacial score (nSPS) is 14.3. The van der Waals surface area contributed by atoms with Gasteiger partial charge in [-0.25, -0.2) is 0 Å². The van der Waals surface area contributed by atoms with Crippen LogP contribution < -0.4 is 4.90 Å². The third kappa shape index (κ3) is 2.39. The molecule has 1 aromatic carbocycles. The summed E-state index contributed by atoms with van der Waals surface area (Å²) in [5, 5.41) is 19.7. The van der Waals surface area contributed by atoms with E-state index in [2.05, 4.69) is 0 Å². The average molecular weight is 254 g/mol. The highest BCUT2D eigenvalue weighted by Gasteiger charge is 2.35. The molecule has 1 aromatic rings. The van der Waals surface area contributed by atoms with Gasteiger partial charge >= 0.3 is 11.7 Å². The van der Waals surface area contributed by atoms with Crippen molar-refractivity contribution in [3.05, 3.63) is 34.1 Å². The van der Waals surface area contributed by atoms with E-state index in [4.69, 9.17) is 5.11 Å². The lowest BCUT2D eigenvalue weighted by molar-refractivity contribution is -0.386. The molecular weight excluding hydrogens is 243 g/mol. The van der Waals surface area contributed by atoms with Gasteiger partial charge in [0.2, 0.25) is 5.82 Å². The standard InChI is InChI=1S/C11H11FN2O4/c12-8-2-1-3-9(11(8)14(17)18)13(6-10(15)16)7-4-5-7/h1-3,7H,4-6H2,(H,15,16). The van der Waals surface area contributed by atoms with Gasteiger partial charge in [0.25, 0.3) is 0 Å². The van der Waals surface area contributed by atoms with Gasteiger partial charge in [0.05, 0.1) is 4.92 Å². The van der Waals surface area contributed by atoms with Crippen molar-refractivity contribution in [3.8, 4) is 0 Å². The molecule has 18 heavy (non-hydrogen) atoms. The van der Waals surface area contributed by atoms with Crippen LogP contribution in [0, 0.1) is 15.9 Å². The topological polar surface area (TPSA) is 83.7 Å². The van der Waals surface area contributed by atoms with Gasteiger partial charge in [-0.2, -0.15) is 4.39 Å². The Morgan fingerprint density at radius 3 is 2.72 bits per heavy atom. The largest absolute Gasteiger partial charge is 0.480 e. The lowest BCUT2D eigenvalue weighted by atomic mass is 10.2. The van der Waals surface area contributed by atoms with Crippen molar-refractivity contribution >= 4 is 17.3 Å². The van der Waals surface area contributed by atoms with Crippen LogP contribution in [0.25, 0.3) is 0 Å². The fourth-order valence-electron chi connectivity index (χ4n) is 1.86. The molecule has 6 nitrogen and oxygen atoms in total. The van der Waals surface area contributed by atoms with E-state index in [1.807, 2.05) is 0 Å². The number of rotatable bonds is 5. The van der Waals surface area contributed by atoms with Crippen molar-refractivity contribution < 1.29 is 19.2 Å². The second kappa shape index (κ2) is 4.59. The molecule has 0 amide bonds. The molecule has 1 fully saturated rings. The first-order valence-electron chi connectivity index (χ1n) is 5.42. The number of hydrogen-bond acceptors (Lipinski definition) is 4. The van der Waals surface area contributed by atoms with Crippen molar-refractivity contribution in [1.82, 2.24) is 0 Å². The number of carboxylic acid groups (broad SMARTS) is 1. The molecule has 0 atom stereocenters. The Morgan fingerprint density at radius 1 is 1.56 bits per heavy atom. The first-order valence-corrected chi connectivity index (χ1v) is 5.42. The Morgan fingerprint density at radius 2 is 2.22 bits per heavy atom. The molecule has 1 saturated carbocycles. The predicted octanol–water partition coefficient (Wildman–Crippen LogP) is 1.79. The van der Waals surface area contributed by atoms with Crippen LogP contribution in [0.3, 0.4) is 0 Å². The Kier molecular flexibility index (Phi) is 3.14. The molecule has 0 radical (unpaired) electrons. The highest BCUT2D eigenvalue weighted by Crippen LogP contribution is 2.37. The summed E-state index contributed by atoms with van der Waals surface area (Å²) in [7, 11) is 0. The number of anilines is 1. The highest BCUT2D eigenvalue weighted by molar-refractivity contribution is 5.77. The number of carboxylic acids is 1. The summed E-state index contributed by atoms with van der Waals surface area (Å²) < 4.78 is 13.5. The second-order valence-corrected chi connectivity index (χ2v) is 4.12. The Hall–Kier alpha value is -2.18. The first-order chi connectivity index (χ1) is 8.50. The van der Waals surface area contributed by atoms with Gasteiger partial charge < -0.3 is 10.0 Å². The van der Waals surface area contributed by atoms with E-state index in [1.54, 1.807) is 0 Å². The summed E-state index contributed by atoms with van der Waals surface area (Å²) in [6, 6.07) is 3.66. The maximum atomic E-state index is 13.5. The fraction of sp³-hybridized carbons (Fsp3) is 0.364. The van der Waals surface area contributed by atoms with Crippen LogP contribution in [-0.2, 0) is 4.79 Å². The molecule has 0 saturated heterocycles. The molecule has 1 aliphatic carbocycles. The number of benzene rings is 1. The lowest BCUT2D eigenvalue weighted by Crippen LogP contribution is -2.32. The zero-order valence-electron chi connectivity index (χ0n) is 9.38. The van der Waals surface area contributed by atoms with Crippen LogP contribution in [0.1, 0.15) is 12.8 Å². The molecule has 0 heterocycles. The van der Waals surface area contributed by atoms with Crippen molar-refractivity contribution in [1.29, 1.82) is 0 Å². The molecule has 2 rings (SSSR count). The zero-order valence-corrected chi connectivity index (χ0v) is 9.38. The van der Waals surface area contributed by atoms with Gasteiger partial charge in [0.1, 0.15) is 12.2 Å². The smallest absolute Gasteiger partial charge is 0.327 e. The average Bonchev–Trinajstić information content (AvgIpc) is 3.08. The Balaban J connectivity index is 2.43. The molecule has 0 aromatic heterocycles. The quantitative estimate of drug-likeness (QED) is 0.639. The summed E-state index contributed by atoms with van der Waals surface area (Å²) in [6.07, 6.45) is 1.53. The maximum absolute atomic E-state index is 13.5.